The Bertz CT molecular complexity index is 354. The minimum Gasteiger partial charge on any atom is -0.447 e. The van der Waals surface area contributed by atoms with Crippen molar-refractivity contribution in [2.45, 2.75) is 0 Å². The van der Waals surface area contributed by atoms with Crippen LogP contribution in [0.3, 0.4) is 0 Å². The van der Waals surface area contributed by atoms with E-state index in [-0.39, 0.29) is 6.61 Å². The zero-order chi connectivity index (χ0) is 18.4. The molecule has 0 aromatic heterocycles. The lowest BCUT2D eigenvalue weighted by Gasteiger charge is -2.08. The molecule has 0 radical (unpaired) electrons. The Hall–Kier alpha value is -1.62. The van der Waals surface area contributed by atoms with E-state index in [1.165, 1.54) is 0 Å². The lowest BCUT2D eigenvalue weighted by molar-refractivity contribution is 0.0161. The van der Waals surface area contributed by atoms with E-state index in [0.29, 0.717) is 72.6 Å². The fourth-order valence-corrected chi connectivity index (χ4v) is 1.41. The molecule has 0 unspecified atom stereocenters. The molecular weight excluding hydrogens is 336 g/mol. The minimum absolute atomic E-state index is 0.190. The summed E-state index contributed by atoms with van der Waals surface area (Å²) in [5.41, 5.74) is 8.06. The number of rotatable bonds is 18. The SMILES string of the molecule is COCCOCCOC(=O)NCCOCCOCCOCCN=[N+]=[N-]. The topological polar surface area (TPSA) is 133 Å². The van der Waals surface area contributed by atoms with Crippen LogP contribution in [0.4, 0.5) is 4.79 Å². The smallest absolute Gasteiger partial charge is 0.407 e. The van der Waals surface area contributed by atoms with Gasteiger partial charge in [0.2, 0.25) is 0 Å². The van der Waals surface area contributed by atoms with Gasteiger partial charge in [0.05, 0.1) is 59.5 Å². The lowest BCUT2D eigenvalue weighted by Crippen LogP contribution is -2.29. The molecule has 11 nitrogen and oxygen atoms in total. The predicted molar refractivity (Wildman–Crippen MR) is 88.5 cm³/mol. The van der Waals surface area contributed by atoms with Crippen LogP contribution in [0, 0.1) is 0 Å². The van der Waals surface area contributed by atoms with Gasteiger partial charge >= 0.3 is 6.09 Å². The molecule has 11 heteroatoms. The van der Waals surface area contributed by atoms with Gasteiger partial charge < -0.3 is 33.7 Å². The van der Waals surface area contributed by atoms with Gasteiger partial charge in [-0.3, -0.25) is 0 Å². The van der Waals surface area contributed by atoms with Crippen molar-refractivity contribution >= 4 is 6.09 Å². The van der Waals surface area contributed by atoms with Gasteiger partial charge in [0, 0.05) is 25.1 Å². The maximum absolute atomic E-state index is 11.3. The first-order valence-electron chi connectivity index (χ1n) is 8.02. The highest BCUT2D eigenvalue weighted by Crippen LogP contribution is 1.84. The van der Waals surface area contributed by atoms with E-state index in [1.54, 1.807) is 7.11 Å². The summed E-state index contributed by atoms with van der Waals surface area (Å²) in [7, 11) is 1.59. The monoisotopic (exact) mass is 364 g/mol. The Morgan fingerprint density at radius 2 is 1.44 bits per heavy atom. The van der Waals surface area contributed by atoms with E-state index in [0.717, 1.165) is 0 Å². The highest BCUT2D eigenvalue weighted by atomic mass is 16.6. The summed E-state index contributed by atoms with van der Waals surface area (Å²) in [5, 5.41) is 5.90. The second-order valence-electron chi connectivity index (χ2n) is 4.46. The first-order chi connectivity index (χ1) is 12.3. The molecule has 0 aromatic carbocycles. The first-order valence-corrected chi connectivity index (χ1v) is 8.02. The molecule has 0 fully saturated rings. The maximum atomic E-state index is 11.3. The van der Waals surface area contributed by atoms with Crippen LogP contribution in [0.1, 0.15) is 0 Å². The van der Waals surface area contributed by atoms with Gasteiger partial charge in [-0.2, -0.15) is 0 Å². The fraction of sp³-hybridized carbons (Fsp3) is 0.929. The number of methoxy groups -OCH3 is 1. The highest BCUT2D eigenvalue weighted by molar-refractivity contribution is 5.66. The van der Waals surface area contributed by atoms with Gasteiger partial charge in [0.25, 0.3) is 0 Å². The second-order valence-corrected chi connectivity index (χ2v) is 4.46. The number of hydrogen-bond acceptors (Lipinski definition) is 8. The molecule has 0 spiro atoms. The van der Waals surface area contributed by atoms with E-state index in [1.807, 2.05) is 0 Å². The standard InChI is InChI=1S/C14H28N4O7/c1-20-6-7-23-12-13-25-14(19)16-2-4-21-8-10-24-11-9-22-5-3-17-18-15/h2-13H2,1H3,(H,16,19). The highest BCUT2D eigenvalue weighted by Gasteiger charge is 2.00. The molecule has 0 atom stereocenters. The summed E-state index contributed by atoms with van der Waals surface area (Å²) >= 11 is 0. The molecule has 0 aliphatic heterocycles. The van der Waals surface area contributed by atoms with Gasteiger partial charge in [0.1, 0.15) is 6.61 Å². The lowest BCUT2D eigenvalue weighted by atomic mass is 10.6. The largest absolute Gasteiger partial charge is 0.447 e. The molecule has 0 aliphatic carbocycles. The Morgan fingerprint density at radius 3 is 2.08 bits per heavy atom. The summed E-state index contributed by atoms with van der Waals surface area (Å²) in [5.74, 6) is 0. The van der Waals surface area contributed by atoms with E-state index in [2.05, 4.69) is 15.3 Å². The minimum atomic E-state index is -0.506. The first kappa shape index (κ1) is 23.4. The van der Waals surface area contributed by atoms with Crippen molar-refractivity contribution in [3.05, 3.63) is 10.4 Å². The number of nitrogens with zero attached hydrogens (tertiary/aromatic N) is 3. The molecule has 0 aliphatic rings. The van der Waals surface area contributed by atoms with E-state index >= 15 is 0 Å². The predicted octanol–water partition coefficient (Wildman–Crippen LogP) is 0.736. The average molecular weight is 364 g/mol. The molecule has 0 saturated carbocycles. The van der Waals surface area contributed by atoms with Crippen molar-refractivity contribution in [2.75, 3.05) is 86.3 Å². The zero-order valence-corrected chi connectivity index (χ0v) is 14.7. The summed E-state index contributed by atoms with van der Waals surface area (Å²) in [6.45, 7) is 4.65. The number of nitrogens with one attached hydrogen (secondary N) is 1. The van der Waals surface area contributed by atoms with Crippen molar-refractivity contribution in [1.82, 2.24) is 5.32 Å². The van der Waals surface area contributed by atoms with Crippen molar-refractivity contribution in [1.29, 1.82) is 0 Å². The number of carbonyl (C=O) groups is 1. The third-order valence-electron chi connectivity index (χ3n) is 2.55. The van der Waals surface area contributed by atoms with Gasteiger partial charge in [-0.25, -0.2) is 4.79 Å². The van der Waals surface area contributed by atoms with Crippen molar-refractivity contribution in [2.24, 2.45) is 5.11 Å². The van der Waals surface area contributed by atoms with Crippen molar-refractivity contribution < 1.29 is 33.2 Å². The van der Waals surface area contributed by atoms with Crippen LogP contribution >= 0.6 is 0 Å². The number of ether oxygens (including phenoxy) is 6. The van der Waals surface area contributed by atoms with E-state index < -0.39 is 6.09 Å². The number of azide groups is 1. The van der Waals surface area contributed by atoms with Crippen LogP contribution in [0.5, 0.6) is 0 Å². The molecule has 146 valence electrons. The van der Waals surface area contributed by atoms with Gasteiger partial charge in [-0.15, -0.1) is 0 Å². The third-order valence-corrected chi connectivity index (χ3v) is 2.55. The van der Waals surface area contributed by atoms with Crippen molar-refractivity contribution in [3.8, 4) is 0 Å². The third kappa shape index (κ3) is 20.3. The van der Waals surface area contributed by atoms with E-state index in [4.69, 9.17) is 34.0 Å². The van der Waals surface area contributed by atoms with Crippen LogP contribution in [0.2, 0.25) is 0 Å². The Morgan fingerprint density at radius 1 is 0.880 bits per heavy atom. The van der Waals surface area contributed by atoms with Gasteiger partial charge in [-0.1, -0.05) is 5.11 Å². The van der Waals surface area contributed by atoms with Crippen LogP contribution in [0.25, 0.3) is 10.4 Å². The molecule has 0 bridgehead atoms. The molecule has 0 rings (SSSR count). The summed E-state index contributed by atoms with van der Waals surface area (Å²) in [4.78, 5) is 13.9. The number of carbonyl (C=O) groups excluding carboxylic acids is 1. The Labute approximate surface area is 147 Å². The molecule has 25 heavy (non-hydrogen) atoms. The summed E-state index contributed by atoms with van der Waals surface area (Å²) in [6.07, 6.45) is -0.506. The molecule has 0 aromatic rings. The molecular formula is C14H28N4O7. The van der Waals surface area contributed by atoms with Crippen LogP contribution in [-0.4, -0.2) is 92.4 Å². The molecule has 0 saturated heterocycles. The van der Waals surface area contributed by atoms with Crippen molar-refractivity contribution in [3.63, 3.8) is 0 Å². The molecule has 1 amide bonds. The summed E-state index contributed by atoms with van der Waals surface area (Å²) < 4.78 is 30.6. The van der Waals surface area contributed by atoms with Gasteiger partial charge in [-0.05, 0) is 5.53 Å². The Balaban J connectivity index is 3.14. The quantitative estimate of drug-likeness (QED) is 0.164. The maximum Gasteiger partial charge on any atom is 0.407 e. The Kier molecular flexibility index (Phi) is 19.1. The van der Waals surface area contributed by atoms with Crippen LogP contribution in [-0.2, 0) is 28.4 Å². The fourth-order valence-electron chi connectivity index (χ4n) is 1.41. The van der Waals surface area contributed by atoms with Crippen LogP contribution < -0.4 is 5.32 Å². The van der Waals surface area contributed by atoms with Crippen LogP contribution in [0.15, 0.2) is 5.11 Å². The van der Waals surface area contributed by atoms with E-state index in [9.17, 15) is 4.79 Å². The zero-order valence-electron chi connectivity index (χ0n) is 14.7. The average Bonchev–Trinajstić information content (AvgIpc) is 2.62. The van der Waals surface area contributed by atoms with Gasteiger partial charge in [0.15, 0.2) is 0 Å². The second kappa shape index (κ2) is 20.4. The number of alkyl carbamates (subject to hydrolysis) is 1. The molecule has 0 heterocycles. The number of amides is 1. The number of hydrogen-bond donors (Lipinski definition) is 1. The normalized spacial score (nSPS) is 10.3. The molecule has 1 N–H and O–H groups in total. The summed E-state index contributed by atoms with van der Waals surface area (Å²) in [6, 6.07) is 0.